The number of ether oxygens (including phenoxy) is 1. The molecule has 0 radical (unpaired) electrons. The fraction of sp³-hybridized carbons (Fsp3) is 0.611. The second kappa shape index (κ2) is 6.84. The Hall–Kier alpha value is -1.40. The van der Waals surface area contributed by atoms with Gasteiger partial charge in [0.05, 0.1) is 5.25 Å². The van der Waals surface area contributed by atoms with Crippen LogP contribution < -0.4 is 0 Å². The molecule has 0 unspecified atom stereocenters. The molecule has 2 aliphatic rings. The summed E-state index contributed by atoms with van der Waals surface area (Å²) in [6.07, 6.45) is 3.58. The molecule has 132 valence electrons. The second-order valence-corrected chi connectivity index (χ2v) is 9.31. The first-order valence-electron chi connectivity index (χ1n) is 8.55. The molecule has 0 amide bonds. The number of carbonyl (C=O) groups is 1. The van der Waals surface area contributed by atoms with Crippen molar-refractivity contribution in [1.82, 2.24) is 4.90 Å². The van der Waals surface area contributed by atoms with E-state index in [0.717, 1.165) is 19.5 Å². The van der Waals surface area contributed by atoms with E-state index in [4.69, 9.17) is 4.74 Å². The lowest BCUT2D eigenvalue weighted by Crippen LogP contribution is -2.43. The average Bonchev–Trinajstić information content (AvgIpc) is 3.02. The first kappa shape index (κ1) is 17.4. The second-order valence-electron chi connectivity index (χ2n) is 6.99. The van der Waals surface area contributed by atoms with Crippen molar-refractivity contribution >= 4 is 15.8 Å². The smallest absolute Gasteiger partial charge is 0.323 e. The van der Waals surface area contributed by atoms with Gasteiger partial charge < -0.3 is 4.74 Å². The molecule has 0 N–H and O–H groups in total. The maximum Gasteiger partial charge on any atom is 0.323 e. The van der Waals surface area contributed by atoms with E-state index in [9.17, 15) is 13.2 Å². The Morgan fingerprint density at radius 3 is 2.62 bits per heavy atom. The normalized spacial score (nSPS) is 25.9. The highest BCUT2D eigenvalue weighted by Crippen LogP contribution is 2.28. The molecular formula is C18H25NO4S. The van der Waals surface area contributed by atoms with Crippen molar-refractivity contribution in [3.05, 3.63) is 35.4 Å². The molecule has 0 bridgehead atoms. The summed E-state index contributed by atoms with van der Waals surface area (Å²) in [5.41, 5.74) is 2.61. The van der Waals surface area contributed by atoms with Crippen LogP contribution in [0.4, 0.5) is 0 Å². The van der Waals surface area contributed by atoms with Crippen molar-refractivity contribution in [2.24, 2.45) is 0 Å². The van der Waals surface area contributed by atoms with Crippen LogP contribution >= 0.6 is 0 Å². The molecule has 24 heavy (non-hydrogen) atoms. The monoisotopic (exact) mass is 351 g/mol. The standard InChI is InChI=1S/C18H25NO4S/c1-13(19-10-9-14-5-3-4-6-15(14)12-19)18(20)23-16-7-8-17(11-16)24(2,21)22/h3-6,13,16-17H,7-12H2,1-2H3/t13-,16-,17-/m1/s1. The number of rotatable bonds is 4. The zero-order chi connectivity index (χ0) is 17.3. The molecule has 1 aromatic carbocycles. The minimum absolute atomic E-state index is 0.242. The van der Waals surface area contributed by atoms with Crippen molar-refractivity contribution in [2.75, 3.05) is 12.8 Å². The summed E-state index contributed by atoms with van der Waals surface area (Å²) in [4.78, 5) is 14.6. The van der Waals surface area contributed by atoms with Gasteiger partial charge in [0.1, 0.15) is 22.0 Å². The molecule has 0 saturated heterocycles. The number of esters is 1. The fourth-order valence-electron chi connectivity index (χ4n) is 3.66. The molecule has 1 heterocycles. The molecule has 1 aromatic rings. The number of fused-ring (bicyclic) bond motifs is 1. The van der Waals surface area contributed by atoms with Crippen LogP contribution in [0.15, 0.2) is 24.3 Å². The van der Waals surface area contributed by atoms with Crippen LogP contribution in [0.1, 0.15) is 37.3 Å². The predicted molar refractivity (Wildman–Crippen MR) is 92.4 cm³/mol. The van der Waals surface area contributed by atoms with Gasteiger partial charge in [-0.3, -0.25) is 9.69 Å². The lowest BCUT2D eigenvalue weighted by molar-refractivity contribution is -0.155. The molecule has 1 aliphatic heterocycles. The van der Waals surface area contributed by atoms with Gasteiger partial charge in [0.2, 0.25) is 0 Å². The molecule has 0 spiro atoms. The van der Waals surface area contributed by atoms with Gasteiger partial charge in [-0.2, -0.15) is 0 Å². The highest BCUT2D eigenvalue weighted by Gasteiger charge is 2.35. The Morgan fingerprint density at radius 2 is 1.96 bits per heavy atom. The summed E-state index contributed by atoms with van der Waals surface area (Å²) in [6.45, 7) is 3.46. The lowest BCUT2D eigenvalue weighted by Gasteiger charge is -2.32. The van der Waals surface area contributed by atoms with E-state index in [2.05, 4.69) is 17.0 Å². The largest absolute Gasteiger partial charge is 0.461 e. The van der Waals surface area contributed by atoms with Crippen molar-refractivity contribution in [3.63, 3.8) is 0 Å². The first-order chi connectivity index (χ1) is 11.3. The van der Waals surface area contributed by atoms with E-state index in [-0.39, 0.29) is 23.4 Å². The maximum atomic E-state index is 12.5. The number of hydrogen-bond acceptors (Lipinski definition) is 5. The Morgan fingerprint density at radius 1 is 1.25 bits per heavy atom. The van der Waals surface area contributed by atoms with Gasteiger partial charge in [-0.25, -0.2) is 8.42 Å². The van der Waals surface area contributed by atoms with Crippen LogP contribution in [0.2, 0.25) is 0 Å². The topological polar surface area (TPSA) is 63.7 Å². The summed E-state index contributed by atoms with van der Waals surface area (Å²) in [6, 6.07) is 8.00. The minimum Gasteiger partial charge on any atom is -0.461 e. The Balaban J connectivity index is 1.56. The van der Waals surface area contributed by atoms with Gasteiger partial charge in [0, 0.05) is 25.8 Å². The number of benzene rings is 1. The van der Waals surface area contributed by atoms with Crippen molar-refractivity contribution in [3.8, 4) is 0 Å². The number of nitrogens with zero attached hydrogens (tertiary/aromatic N) is 1. The van der Waals surface area contributed by atoms with Gasteiger partial charge in [0.25, 0.3) is 0 Å². The van der Waals surface area contributed by atoms with Gasteiger partial charge >= 0.3 is 5.97 Å². The molecule has 3 rings (SSSR count). The van der Waals surface area contributed by atoms with Crippen molar-refractivity contribution < 1.29 is 17.9 Å². The summed E-state index contributed by atoms with van der Waals surface area (Å²) in [5.74, 6) is -0.242. The van der Waals surface area contributed by atoms with Crippen LogP contribution in [0, 0.1) is 0 Å². The Bertz CT molecular complexity index is 715. The third-order valence-corrected chi connectivity index (χ3v) is 6.91. The van der Waals surface area contributed by atoms with E-state index < -0.39 is 9.84 Å². The van der Waals surface area contributed by atoms with Crippen molar-refractivity contribution in [2.45, 2.75) is 56.5 Å². The molecule has 0 aromatic heterocycles. The van der Waals surface area contributed by atoms with E-state index >= 15 is 0 Å². The highest BCUT2D eigenvalue weighted by atomic mass is 32.2. The van der Waals surface area contributed by atoms with Crippen LogP contribution in [-0.2, 0) is 32.3 Å². The summed E-state index contributed by atoms with van der Waals surface area (Å²) < 4.78 is 28.8. The number of carbonyl (C=O) groups excluding carboxylic acids is 1. The Kier molecular flexibility index (Phi) is 4.97. The maximum absolute atomic E-state index is 12.5. The van der Waals surface area contributed by atoms with E-state index in [1.165, 1.54) is 17.4 Å². The molecule has 5 nitrogen and oxygen atoms in total. The van der Waals surface area contributed by atoms with E-state index in [1.54, 1.807) is 0 Å². The number of sulfone groups is 1. The van der Waals surface area contributed by atoms with Crippen LogP contribution in [-0.4, -0.2) is 49.5 Å². The van der Waals surface area contributed by atoms with Crippen LogP contribution in [0.3, 0.4) is 0 Å². The van der Waals surface area contributed by atoms with Gasteiger partial charge in [0.15, 0.2) is 0 Å². The SMILES string of the molecule is C[C@H](C(=O)O[C@@H]1CC[C@@H](S(C)(=O)=O)C1)N1CCc2ccccc2C1. The quantitative estimate of drug-likeness (QED) is 0.776. The zero-order valence-corrected chi connectivity index (χ0v) is 15.1. The van der Waals surface area contributed by atoms with Crippen molar-refractivity contribution in [1.29, 1.82) is 0 Å². The third-order valence-electron chi connectivity index (χ3n) is 5.27. The zero-order valence-electron chi connectivity index (χ0n) is 14.3. The first-order valence-corrected chi connectivity index (χ1v) is 10.5. The van der Waals surface area contributed by atoms with Crippen LogP contribution in [0.25, 0.3) is 0 Å². The van der Waals surface area contributed by atoms with Gasteiger partial charge in [-0.15, -0.1) is 0 Å². The lowest BCUT2D eigenvalue weighted by atomic mass is 9.99. The summed E-state index contributed by atoms with van der Waals surface area (Å²) in [7, 11) is -3.05. The average molecular weight is 351 g/mol. The molecule has 1 aliphatic carbocycles. The molecule has 3 atom stereocenters. The minimum atomic E-state index is -3.05. The predicted octanol–water partition coefficient (Wildman–Crippen LogP) is 1.94. The summed E-state index contributed by atoms with van der Waals surface area (Å²) >= 11 is 0. The van der Waals surface area contributed by atoms with Gasteiger partial charge in [-0.1, -0.05) is 24.3 Å². The molecular weight excluding hydrogens is 326 g/mol. The molecule has 1 saturated carbocycles. The number of hydrogen-bond donors (Lipinski definition) is 0. The highest BCUT2D eigenvalue weighted by molar-refractivity contribution is 7.91. The summed E-state index contributed by atoms with van der Waals surface area (Å²) in [5, 5.41) is -0.368. The Labute approximate surface area is 143 Å². The van der Waals surface area contributed by atoms with E-state index in [0.29, 0.717) is 19.3 Å². The molecule has 1 fully saturated rings. The third kappa shape index (κ3) is 3.81. The van der Waals surface area contributed by atoms with Gasteiger partial charge in [-0.05, 0) is 37.3 Å². The fourth-order valence-corrected chi connectivity index (χ4v) is 4.79. The van der Waals surface area contributed by atoms with Crippen LogP contribution in [0.5, 0.6) is 0 Å². The molecule has 6 heteroatoms. The van der Waals surface area contributed by atoms with E-state index in [1.807, 2.05) is 19.1 Å².